The Balaban J connectivity index is 1.23. The summed E-state index contributed by atoms with van der Waals surface area (Å²) in [4.78, 5) is 14.0. The number of amides is 1. The molecule has 2 unspecified atom stereocenters. The molecular formula is C36H48F2N2O5Si. The van der Waals surface area contributed by atoms with Crippen LogP contribution in [0.5, 0.6) is 0 Å². The Morgan fingerprint density at radius 1 is 0.848 bits per heavy atom. The van der Waals surface area contributed by atoms with Gasteiger partial charge in [0.2, 0.25) is 0 Å². The van der Waals surface area contributed by atoms with Crippen LogP contribution in [0.3, 0.4) is 0 Å². The van der Waals surface area contributed by atoms with Crippen LogP contribution in [0, 0.1) is 5.92 Å². The zero-order valence-electron chi connectivity index (χ0n) is 27.4. The van der Waals surface area contributed by atoms with E-state index in [0.29, 0.717) is 39.4 Å². The van der Waals surface area contributed by atoms with Crippen molar-refractivity contribution >= 4 is 24.8 Å². The van der Waals surface area contributed by atoms with Gasteiger partial charge in [-0.2, -0.15) is 0 Å². The highest BCUT2D eigenvalue weighted by Gasteiger charge is 2.51. The number of likely N-dealkylation sites (tertiary alicyclic amines) is 1. The van der Waals surface area contributed by atoms with Crippen molar-refractivity contribution in [3.8, 4) is 0 Å². The van der Waals surface area contributed by atoms with Crippen LogP contribution in [0.15, 0.2) is 91.0 Å². The molecule has 0 radical (unpaired) electrons. The zero-order chi connectivity index (χ0) is 33.0. The molecule has 0 spiro atoms. The molecule has 1 N–H and O–H groups in total. The van der Waals surface area contributed by atoms with E-state index in [9.17, 15) is 4.79 Å². The fourth-order valence-electron chi connectivity index (χ4n) is 6.32. The predicted octanol–water partition coefficient (Wildman–Crippen LogP) is 5.48. The van der Waals surface area contributed by atoms with Gasteiger partial charge >= 0.3 is 6.09 Å². The quantitative estimate of drug-likeness (QED) is 0.173. The lowest BCUT2D eigenvalue weighted by atomic mass is 9.87. The highest BCUT2D eigenvalue weighted by molar-refractivity contribution is 6.99. The third kappa shape index (κ3) is 9.45. The number of alkyl halides is 2. The first-order chi connectivity index (χ1) is 22.0. The van der Waals surface area contributed by atoms with E-state index in [-0.39, 0.29) is 18.3 Å². The molecule has 1 amide bonds. The Labute approximate surface area is 273 Å². The van der Waals surface area contributed by atoms with E-state index in [1.807, 2.05) is 42.5 Å². The maximum absolute atomic E-state index is 15.0. The minimum atomic E-state index is -3.10. The fourth-order valence-corrected chi connectivity index (χ4v) is 10.9. The molecule has 2 atom stereocenters. The molecule has 0 bridgehead atoms. The number of hydrogen-bond donors (Lipinski definition) is 1. The molecule has 46 heavy (non-hydrogen) atoms. The number of ether oxygens (including phenoxy) is 3. The SMILES string of the molecule is CN1CC(CCOCCOCCO[Si](c2ccccc2)(c2ccccc2)C(C)(C)C)C(NC(=O)OCc2ccccc2)C(F)(F)C1. The number of carbonyl (C=O) groups excluding carboxylic acids is 1. The van der Waals surface area contributed by atoms with Gasteiger partial charge in [-0.05, 0) is 34.4 Å². The van der Waals surface area contributed by atoms with Crippen molar-refractivity contribution in [3.05, 3.63) is 96.6 Å². The summed E-state index contributed by atoms with van der Waals surface area (Å²) in [6.45, 7) is 8.51. The number of carbonyl (C=O) groups is 1. The average Bonchev–Trinajstić information content (AvgIpc) is 3.03. The summed E-state index contributed by atoms with van der Waals surface area (Å²) in [5, 5.41) is 4.76. The van der Waals surface area contributed by atoms with Crippen LogP contribution in [-0.2, 0) is 25.2 Å². The van der Waals surface area contributed by atoms with Crippen molar-refractivity contribution in [2.75, 3.05) is 53.2 Å². The normalized spacial score (nSPS) is 18.7. The molecule has 0 saturated carbocycles. The van der Waals surface area contributed by atoms with E-state index in [1.54, 1.807) is 11.9 Å². The number of nitrogens with zero attached hydrogens (tertiary/aromatic N) is 1. The average molecular weight is 655 g/mol. The third-order valence-corrected chi connectivity index (χ3v) is 13.4. The molecule has 1 fully saturated rings. The van der Waals surface area contributed by atoms with Crippen molar-refractivity contribution in [2.24, 2.45) is 5.92 Å². The monoisotopic (exact) mass is 654 g/mol. The lowest BCUT2D eigenvalue weighted by Gasteiger charge is -2.43. The van der Waals surface area contributed by atoms with Gasteiger partial charge in [0.25, 0.3) is 14.2 Å². The second kappa shape index (κ2) is 16.6. The minimum absolute atomic E-state index is 0.0154. The Kier molecular flexibility index (Phi) is 12.9. The van der Waals surface area contributed by atoms with Crippen molar-refractivity contribution in [1.29, 1.82) is 0 Å². The Hall–Kier alpha value is -3.15. The fraction of sp³-hybridized carbons (Fsp3) is 0.472. The van der Waals surface area contributed by atoms with Crippen LogP contribution in [0.4, 0.5) is 13.6 Å². The molecule has 1 saturated heterocycles. The summed E-state index contributed by atoms with van der Waals surface area (Å²) < 4.78 is 53.8. The van der Waals surface area contributed by atoms with Gasteiger partial charge in [-0.3, -0.25) is 0 Å². The van der Waals surface area contributed by atoms with E-state index in [2.05, 4.69) is 74.6 Å². The maximum atomic E-state index is 15.0. The Bertz CT molecular complexity index is 1290. The molecule has 1 aliphatic heterocycles. The lowest BCUT2D eigenvalue weighted by molar-refractivity contribution is -0.109. The third-order valence-electron chi connectivity index (χ3n) is 8.41. The molecule has 7 nitrogen and oxygen atoms in total. The van der Waals surface area contributed by atoms with Crippen LogP contribution in [0.25, 0.3) is 0 Å². The van der Waals surface area contributed by atoms with E-state index >= 15 is 8.78 Å². The van der Waals surface area contributed by atoms with Crippen LogP contribution in [-0.4, -0.2) is 84.4 Å². The van der Waals surface area contributed by atoms with Crippen molar-refractivity contribution < 1.29 is 32.2 Å². The molecule has 1 aliphatic rings. The summed E-state index contributed by atoms with van der Waals surface area (Å²) in [6, 6.07) is 28.7. The van der Waals surface area contributed by atoms with Crippen LogP contribution >= 0.6 is 0 Å². The van der Waals surface area contributed by atoms with Crippen molar-refractivity contribution in [2.45, 2.75) is 50.8 Å². The molecule has 4 rings (SSSR count). The molecule has 250 valence electrons. The first-order valence-corrected chi connectivity index (χ1v) is 17.9. The van der Waals surface area contributed by atoms with Crippen LogP contribution < -0.4 is 15.7 Å². The van der Waals surface area contributed by atoms with E-state index < -0.39 is 38.8 Å². The largest absolute Gasteiger partial charge is 0.445 e. The maximum Gasteiger partial charge on any atom is 0.407 e. The molecule has 3 aromatic rings. The van der Waals surface area contributed by atoms with Gasteiger partial charge in [-0.15, -0.1) is 0 Å². The number of halogens is 2. The molecule has 0 aromatic heterocycles. The summed E-state index contributed by atoms with van der Waals surface area (Å²) in [7, 11) is -0.963. The number of rotatable bonds is 15. The topological polar surface area (TPSA) is 69.3 Å². The summed E-state index contributed by atoms with van der Waals surface area (Å²) in [6.07, 6.45) is -0.488. The standard InChI is InChI=1S/C36H48F2N2O5Si/c1-35(2,3)46(31-16-10-6-11-17-31,32-18-12-7-13-19-32)45-25-24-43-23-22-42-21-20-30-26-40(4)28-36(37,38)33(30)39-34(41)44-27-29-14-8-5-9-15-29/h5-19,30,33H,20-28H2,1-4H3,(H,39,41). The second-order valence-corrected chi connectivity index (χ2v) is 17.2. The summed E-state index contributed by atoms with van der Waals surface area (Å²) >= 11 is 0. The summed E-state index contributed by atoms with van der Waals surface area (Å²) in [5.74, 6) is -3.60. The zero-order valence-corrected chi connectivity index (χ0v) is 28.4. The lowest BCUT2D eigenvalue weighted by Crippen LogP contribution is -2.66. The van der Waals surface area contributed by atoms with Gasteiger partial charge < -0.3 is 28.9 Å². The number of benzene rings is 3. The van der Waals surface area contributed by atoms with E-state index in [4.69, 9.17) is 18.6 Å². The van der Waals surface area contributed by atoms with Crippen molar-refractivity contribution in [1.82, 2.24) is 10.2 Å². The van der Waals surface area contributed by atoms with Crippen LogP contribution in [0.1, 0.15) is 32.8 Å². The first kappa shape index (κ1) is 35.7. The van der Waals surface area contributed by atoms with Gasteiger partial charge in [-0.1, -0.05) is 112 Å². The predicted molar refractivity (Wildman–Crippen MR) is 179 cm³/mol. The molecule has 0 aliphatic carbocycles. The van der Waals surface area contributed by atoms with Gasteiger partial charge in [0, 0.05) is 19.1 Å². The first-order valence-electron chi connectivity index (χ1n) is 16.0. The number of nitrogens with one attached hydrogen (secondary N) is 1. The highest BCUT2D eigenvalue weighted by Crippen LogP contribution is 2.36. The Morgan fingerprint density at radius 2 is 1.37 bits per heavy atom. The highest BCUT2D eigenvalue weighted by atomic mass is 28.4. The van der Waals surface area contributed by atoms with Gasteiger partial charge in [0.1, 0.15) is 12.6 Å². The van der Waals surface area contributed by atoms with E-state index in [0.717, 1.165) is 5.56 Å². The molecule has 10 heteroatoms. The smallest absolute Gasteiger partial charge is 0.407 e. The van der Waals surface area contributed by atoms with Crippen LogP contribution in [0.2, 0.25) is 5.04 Å². The number of hydrogen-bond acceptors (Lipinski definition) is 6. The molecular weight excluding hydrogens is 606 g/mol. The molecule has 3 aromatic carbocycles. The van der Waals surface area contributed by atoms with Gasteiger partial charge in [0.05, 0.1) is 33.0 Å². The molecule has 1 heterocycles. The second-order valence-electron chi connectivity index (χ2n) is 12.9. The van der Waals surface area contributed by atoms with Gasteiger partial charge in [0.15, 0.2) is 0 Å². The van der Waals surface area contributed by atoms with Gasteiger partial charge in [-0.25, -0.2) is 13.6 Å². The number of alkyl carbamates (subject to hydrolysis) is 1. The number of piperidine rings is 1. The Morgan fingerprint density at radius 3 is 1.93 bits per heavy atom. The van der Waals surface area contributed by atoms with E-state index in [1.165, 1.54) is 10.4 Å². The summed E-state index contributed by atoms with van der Waals surface area (Å²) in [5.41, 5.74) is 0.787. The minimum Gasteiger partial charge on any atom is -0.445 e. The van der Waals surface area contributed by atoms with Crippen molar-refractivity contribution in [3.63, 3.8) is 0 Å².